The van der Waals surface area contributed by atoms with Gasteiger partial charge in [0.25, 0.3) is 0 Å². The van der Waals surface area contributed by atoms with E-state index in [1.165, 1.54) is 6.92 Å². The van der Waals surface area contributed by atoms with Gasteiger partial charge in [-0.1, -0.05) is 0 Å². The highest BCUT2D eigenvalue weighted by Gasteiger charge is 2.11. The summed E-state index contributed by atoms with van der Waals surface area (Å²) in [4.78, 5) is 11.2. The van der Waals surface area contributed by atoms with Crippen LogP contribution in [0.5, 0.6) is 5.75 Å². The molecular formula is C10H12INO2. The fourth-order valence-corrected chi connectivity index (χ4v) is 1.95. The number of nitrogens with two attached hydrogens (primary N) is 1. The van der Waals surface area contributed by atoms with Gasteiger partial charge in [0.1, 0.15) is 5.75 Å². The van der Waals surface area contributed by atoms with Crippen molar-refractivity contribution in [1.29, 1.82) is 0 Å². The van der Waals surface area contributed by atoms with E-state index in [-0.39, 0.29) is 5.78 Å². The van der Waals surface area contributed by atoms with Crippen molar-refractivity contribution in [2.45, 2.75) is 13.8 Å². The summed E-state index contributed by atoms with van der Waals surface area (Å²) >= 11 is 2.06. The molecule has 0 amide bonds. The third kappa shape index (κ3) is 2.17. The first-order valence-electron chi connectivity index (χ1n) is 4.29. The summed E-state index contributed by atoms with van der Waals surface area (Å²) in [7, 11) is 0. The molecule has 0 saturated carbocycles. The van der Waals surface area contributed by atoms with Crippen LogP contribution in [0.1, 0.15) is 24.2 Å². The van der Waals surface area contributed by atoms with E-state index in [0.717, 1.165) is 3.57 Å². The molecule has 0 spiro atoms. The van der Waals surface area contributed by atoms with Crippen molar-refractivity contribution in [3.63, 3.8) is 0 Å². The number of anilines is 1. The van der Waals surface area contributed by atoms with Crippen molar-refractivity contribution in [2.75, 3.05) is 12.3 Å². The number of ether oxygens (including phenoxy) is 1. The standard InChI is InChI=1S/C10H12INO2/c1-3-14-8-5-4-7(6(2)13)9(11)10(8)12/h4-5H,3,12H2,1-2H3. The van der Waals surface area contributed by atoms with E-state index < -0.39 is 0 Å². The minimum Gasteiger partial charge on any atom is -0.492 e. The summed E-state index contributed by atoms with van der Waals surface area (Å²) < 4.78 is 6.08. The van der Waals surface area contributed by atoms with Gasteiger partial charge in [-0.05, 0) is 48.6 Å². The molecule has 0 aromatic heterocycles. The smallest absolute Gasteiger partial charge is 0.160 e. The summed E-state index contributed by atoms with van der Waals surface area (Å²) in [6.45, 7) is 3.99. The van der Waals surface area contributed by atoms with E-state index >= 15 is 0 Å². The van der Waals surface area contributed by atoms with Gasteiger partial charge in [0, 0.05) is 5.56 Å². The highest BCUT2D eigenvalue weighted by Crippen LogP contribution is 2.29. The number of hydrogen-bond acceptors (Lipinski definition) is 3. The fraction of sp³-hybridized carbons (Fsp3) is 0.300. The minimum absolute atomic E-state index is 0.0177. The highest BCUT2D eigenvalue weighted by molar-refractivity contribution is 14.1. The van der Waals surface area contributed by atoms with Crippen molar-refractivity contribution in [1.82, 2.24) is 0 Å². The molecule has 0 bridgehead atoms. The monoisotopic (exact) mass is 305 g/mol. The molecule has 0 aliphatic heterocycles. The average Bonchev–Trinajstić information content (AvgIpc) is 2.13. The number of nitrogen functional groups attached to an aromatic ring is 1. The van der Waals surface area contributed by atoms with E-state index in [2.05, 4.69) is 22.6 Å². The van der Waals surface area contributed by atoms with Crippen molar-refractivity contribution in [2.24, 2.45) is 0 Å². The molecule has 0 saturated heterocycles. The van der Waals surface area contributed by atoms with Crippen LogP contribution in [0.25, 0.3) is 0 Å². The van der Waals surface area contributed by atoms with Gasteiger partial charge in [-0.15, -0.1) is 0 Å². The molecule has 3 nitrogen and oxygen atoms in total. The Morgan fingerprint density at radius 3 is 2.71 bits per heavy atom. The number of carbonyl (C=O) groups excluding carboxylic acids is 1. The second kappa shape index (κ2) is 4.63. The second-order valence-corrected chi connectivity index (χ2v) is 3.91. The quantitative estimate of drug-likeness (QED) is 0.530. The summed E-state index contributed by atoms with van der Waals surface area (Å²) in [5.41, 5.74) is 7.01. The summed E-state index contributed by atoms with van der Waals surface area (Å²) in [5.74, 6) is 0.658. The molecule has 0 atom stereocenters. The van der Waals surface area contributed by atoms with E-state index in [1.807, 2.05) is 6.92 Å². The van der Waals surface area contributed by atoms with E-state index in [9.17, 15) is 4.79 Å². The average molecular weight is 305 g/mol. The number of benzene rings is 1. The Kier molecular flexibility index (Phi) is 3.74. The van der Waals surface area contributed by atoms with Gasteiger partial charge in [0.2, 0.25) is 0 Å². The molecule has 0 unspecified atom stereocenters. The van der Waals surface area contributed by atoms with E-state index in [4.69, 9.17) is 10.5 Å². The minimum atomic E-state index is 0.0177. The Balaban J connectivity index is 3.19. The molecule has 0 fully saturated rings. The summed E-state index contributed by atoms with van der Waals surface area (Å²) in [6, 6.07) is 3.48. The van der Waals surface area contributed by atoms with Crippen LogP contribution < -0.4 is 10.5 Å². The van der Waals surface area contributed by atoms with E-state index in [0.29, 0.717) is 23.6 Å². The molecule has 0 aliphatic rings. The molecule has 1 aromatic carbocycles. The normalized spacial score (nSPS) is 9.93. The number of halogens is 1. The zero-order valence-electron chi connectivity index (χ0n) is 8.13. The lowest BCUT2D eigenvalue weighted by molar-refractivity contribution is 0.101. The second-order valence-electron chi connectivity index (χ2n) is 2.83. The van der Waals surface area contributed by atoms with Crippen LogP contribution in [-0.4, -0.2) is 12.4 Å². The maximum atomic E-state index is 11.2. The van der Waals surface area contributed by atoms with Crippen LogP contribution >= 0.6 is 22.6 Å². The molecule has 4 heteroatoms. The van der Waals surface area contributed by atoms with Gasteiger partial charge in [0.05, 0.1) is 15.9 Å². The van der Waals surface area contributed by atoms with Gasteiger partial charge in [-0.2, -0.15) is 0 Å². The van der Waals surface area contributed by atoms with Crippen molar-refractivity contribution in [3.05, 3.63) is 21.3 Å². The zero-order chi connectivity index (χ0) is 10.7. The maximum absolute atomic E-state index is 11.2. The Bertz CT molecular complexity index is 363. The first-order chi connectivity index (χ1) is 6.57. The van der Waals surface area contributed by atoms with Crippen LogP contribution in [0.2, 0.25) is 0 Å². The van der Waals surface area contributed by atoms with Gasteiger partial charge in [0.15, 0.2) is 5.78 Å². The first kappa shape index (κ1) is 11.3. The van der Waals surface area contributed by atoms with Crippen molar-refractivity contribution < 1.29 is 9.53 Å². The Hall–Kier alpha value is -0.780. The number of rotatable bonds is 3. The van der Waals surface area contributed by atoms with Crippen LogP contribution in [0, 0.1) is 3.57 Å². The Labute approximate surface area is 96.8 Å². The molecule has 14 heavy (non-hydrogen) atoms. The highest BCUT2D eigenvalue weighted by atomic mass is 127. The summed E-state index contributed by atoms with van der Waals surface area (Å²) in [5, 5.41) is 0. The van der Waals surface area contributed by atoms with Crippen LogP contribution in [0.15, 0.2) is 12.1 Å². The first-order valence-corrected chi connectivity index (χ1v) is 5.37. The third-order valence-corrected chi connectivity index (χ3v) is 2.98. The summed E-state index contributed by atoms with van der Waals surface area (Å²) in [6.07, 6.45) is 0. The molecule has 1 aromatic rings. The number of hydrogen-bond donors (Lipinski definition) is 1. The fourth-order valence-electron chi connectivity index (χ4n) is 1.13. The SMILES string of the molecule is CCOc1ccc(C(C)=O)c(I)c1N. The Morgan fingerprint density at radius 1 is 1.57 bits per heavy atom. The van der Waals surface area contributed by atoms with Crippen molar-refractivity contribution in [3.8, 4) is 5.75 Å². The lowest BCUT2D eigenvalue weighted by atomic mass is 10.1. The molecular weight excluding hydrogens is 293 g/mol. The van der Waals surface area contributed by atoms with E-state index in [1.54, 1.807) is 12.1 Å². The Morgan fingerprint density at radius 2 is 2.21 bits per heavy atom. The van der Waals surface area contributed by atoms with Gasteiger partial charge < -0.3 is 10.5 Å². The zero-order valence-corrected chi connectivity index (χ0v) is 10.3. The van der Waals surface area contributed by atoms with Gasteiger partial charge in [-0.3, -0.25) is 4.79 Å². The van der Waals surface area contributed by atoms with Gasteiger partial charge in [-0.25, -0.2) is 0 Å². The molecule has 0 heterocycles. The van der Waals surface area contributed by atoms with Crippen molar-refractivity contribution >= 4 is 34.1 Å². The number of carbonyl (C=O) groups is 1. The third-order valence-electron chi connectivity index (χ3n) is 1.82. The lowest BCUT2D eigenvalue weighted by Gasteiger charge is -2.10. The molecule has 2 N–H and O–H groups in total. The predicted octanol–water partition coefficient (Wildman–Crippen LogP) is 2.47. The van der Waals surface area contributed by atoms with Crippen LogP contribution in [0.3, 0.4) is 0 Å². The topological polar surface area (TPSA) is 52.3 Å². The molecule has 0 aliphatic carbocycles. The van der Waals surface area contributed by atoms with Crippen LogP contribution in [-0.2, 0) is 0 Å². The van der Waals surface area contributed by atoms with Gasteiger partial charge >= 0.3 is 0 Å². The lowest BCUT2D eigenvalue weighted by Crippen LogP contribution is -2.04. The predicted molar refractivity (Wildman–Crippen MR) is 64.7 cm³/mol. The van der Waals surface area contributed by atoms with Crippen LogP contribution in [0.4, 0.5) is 5.69 Å². The molecule has 76 valence electrons. The largest absolute Gasteiger partial charge is 0.492 e. The molecule has 1 rings (SSSR count). The maximum Gasteiger partial charge on any atom is 0.160 e. The number of ketones is 1. The number of Topliss-reactive ketones (excluding diaryl/α,β-unsaturated/α-hetero) is 1. The molecule has 0 radical (unpaired) electrons.